The van der Waals surface area contributed by atoms with Crippen molar-refractivity contribution in [2.45, 2.75) is 26.2 Å². The van der Waals surface area contributed by atoms with Gasteiger partial charge in [0, 0.05) is 50.7 Å². The standard InChI is InChI=1S/C22H29N3O4/c1-16-2-4-19(5-3-16)25-15-18(14-20(25)26)22(28)23-8-6-17(7-9-23)21(27)24-10-12-29-13-11-24/h2-5,17-18H,6-15H2,1H3. The Bertz CT molecular complexity index is 765. The van der Waals surface area contributed by atoms with Crippen LogP contribution in [0.5, 0.6) is 0 Å². The minimum atomic E-state index is -0.296. The molecule has 3 amide bonds. The lowest BCUT2D eigenvalue weighted by Crippen LogP contribution is -2.48. The summed E-state index contributed by atoms with van der Waals surface area (Å²) in [4.78, 5) is 43.6. The highest BCUT2D eigenvalue weighted by molar-refractivity contribution is 6.00. The van der Waals surface area contributed by atoms with E-state index >= 15 is 0 Å². The molecule has 0 spiro atoms. The fraction of sp³-hybridized carbons (Fsp3) is 0.591. The zero-order chi connectivity index (χ0) is 20.4. The van der Waals surface area contributed by atoms with Crippen LogP contribution >= 0.6 is 0 Å². The van der Waals surface area contributed by atoms with E-state index < -0.39 is 0 Å². The number of likely N-dealkylation sites (tertiary alicyclic amines) is 1. The largest absolute Gasteiger partial charge is 0.378 e. The summed E-state index contributed by atoms with van der Waals surface area (Å²) >= 11 is 0. The van der Waals surface area contributed by atoms with Gasteiger partial charge in [-0.3, -0.25) is 14.4 Å². The first-order chi connectivity index (χ1) is 14.0. The molecular formula is C22H29N3O4. The van der Waals surface area contributed by atoms with Crippen LogP contribution in [0.3, 0.4) is 0 Å². The number of amides is 3. The number of aryl methyl sites for hydroxylation is 1. The molecule has 4 rings (SSSR count). The van der Waals surface area contributed by atoms with E-state index in [4.69, 9.17) is 4.74 Å². The maximum atomic E-state index is 13.0. The number of rotatable bonds is 3. The molecular weight excluding hydrogens is 370 g/mol. The first-order valence-corrected chi connectivity index (χ1v) is 10.6. The molecule has 1 aromatic rings. The SMILES string of the molecule is Cc1ccc(N2CC(C(=O)N3CCC(C(=O)N4CCOCC4)CC3)CC2=O)cc1. The van der Waals surface area contributed by atoms with Crippen molar-refractivity contribution in [1.82, 2.24) is 9.80 Å². The van der Waals surface area contributed by atoms with Crippen LogP contribution in [0.2, 0.25) is 0 Å². The van der Waals surface area contributed by atoms with Crippen LogP contribution in [0.1, 0.15) is 24.8 Å². The molecule has 0 aromatic heterocycles. The van der Waals surface area contributed by atoms with E-state index in [0.717, 1.165) is 11.3 Å². The summed E-state index contributed by atoms with van der Waals surface area (Å²) < 4.78 is 5.32. The first kappa shape index (κ1) is 19.9. The highest BCUT2D eigenvalue weighted by Gasteiger charge is 2.39. The molecule has 3 aliphatic heterocycles. The van der Waals surface area contributed by atoms with Crippen LogP contribution in [0.4, 0.5) is 5.69 Å². The molecule has 0 bridgehead atoms. The zero-order valence-corrected chi connectivity index (χ0v) is 17.0. The van der Waals surface area contributed by atoms with Gasteiger partial charge in [-0.05, 0) is 31.9 Å². The minimum absolute atomic E-state index is 0.00424. The van der Waals surface area contributed by atoms with Crippen molar-refractivity contribution in [3.63, 3.8) is 0 Å². The van der Waals surface area contributed by atoms with E-state index in [2.05, 4.69) is 0 Å². The third-order valence-electron chi connectivity index (χ3n) is 6.30. The maximum Gasteiger partial charge on any atom is 0.228 e. The number of hydrogen-bond donors (Lipinski definition) is 0. The Labute approximate surface area is 171 Å². The lowest BCUT2D eigenvalue weighted by Gasteiger charge is -2.36. The van der Waals surface area contributed by atoms with Crippen LogP contribution < -0.4 is 4.90 Å². The number of morpholine rings is 1. The maximum absolute atomic E-state index is 13.0. The van der Waals surface area contributed by atoms with Crippen molar-refractivity contribution in [2.75, 3.05) is 50.8 Å². The Morgan fingerprint density at radius 2 is 1.48 bits per heavy atom. The molecule has 7 nitrogen and oxygen atoms in total. The van der Waals surface area contributed by atoms with Crippen molar-refractivity contribution in [3.8, 4) is 0 Å². The van der Waals surface area contributed by atoms with Gasteiger partial charge < -0.3 is 19.4 Å². The fourth-order valence-corrected chi connectivity index (χ4v) is 4.49. The van der Waals surface area contributed by atoms with Crippen LogP contribution in [-0.4, -0.2) is 73.5 Å². The summed E-state index contributed by atoms with van der Waals surface area (Å²) in [6, 6.07) is 7.83. The monoisotopic (exact) mass is 399 g/mol. The normalized spacial score (nSPS) is 23.6. The number of piperidine rings is 1. The zero-order valence-electron chi connectivity index (χ0n) is 17.0. The third-order valence-corrected chi connectivity index (χ3v) is 6.30. The molecule has 29 heavy (non-hydrogen) atoms. The van der Waals surface area contributed by atoms with Gasteiger partial charge in [-0.25, -0.2) is 0 Å². The number of benzene rings is 1. The average molecular weight is 399 g/mol. The van der Waals surface area contributed by atoms with Gasteiger partial charge in [0.15, 0.2) is 0 Å². The topological polar surface area (TPSA) is 70.2 Å². The molecule has 3 heterocycles. The molecule has 1 atom stereocenters. The highest BCUT2D eigenvalue weighted by atomic mass is 16.5. The molecule has 0 N–H and O–H groups in total. The van der Waals surface area contributed by atoms with Crippen LogP contribution in [0.15, 0.2) is 24.3 Å². The van der Waals surface area contributed by atoms with Gasteiger partial charge in [-0.15, -0.1) is 0 Å². The van der Waals surface area contributed by atoms with Crippen LogP contribution in [0.25, 0.3) is 0 Å². The highest BCUT2D eigenvalue weighted by Crippen LogP contribution is 2.28. The van der Waals surface area contributed by atoms with Crippen molar-refractivity contribution in [3.05, 3.63) is 29.8 Å². The predicted octanol–water partition coefficient (Wildman–Crippen LogP) is 1.45. The minimum Gasteiger partial charge on any atom is -0.378 e. The van der Waals surface area contributed by atoms with Crippen molar-refractivity contribution >= 4 is 23.4 Å². The lowest BCUT2D eigenvalue weighted by molar-refractivity contribution is -0.144. The summed E-state index contributed by atoms with van der Waals surface area (Å²) in [7, 11) is 0. The van der Waals surface area contributed by atoms with Crippen LogP contribution in [0, 0.1) is 18.8 Å². The summed E-state index contributed by atoms with van der Waals surface area (Å²) in [6.07, 6.45) is 1.66. The average Bonchev–Trinajstić information content (AvgIpc) is 3.15. The van der Waals surface area contributed by atoms with Crippen molar-refractivity contribution < 1.29 is 19.1 Å². The van der Waals surface area contributed by atoms with Gasteiger partial charge in [-0.1, -0.05) is 17.7 Å². The third kappa shape index (κ3) is 4.29. The molecule has 3 aliphatic rings. The second-order valence-electron chi connectivity index (χ2n) is 8.28. The van der Waals surface area contributed by atoms with E-state index in [1.165, 1.54) is 0 Å². The number of hydrogen-bond acceptors (Lipinski definition) is 4. The Morgan fingerprint density at radius 1 is 0.897 bits per heavy atom. The second-order valence-corrected chi connectivity index (χ2v) is 8.28. The molecule has 7 heteroatoms. The number of anilines is 1. The molecule has 0 radical (unpaired) electrons. The Balaban J connectivity index is 1.31. The van der Waals surface area contributed by atoms with E-state index in [1.807, 2.05) is 41.0 Å². The molecule has 3 fully saturated rings. The molecule has 1 aromatic carbocycles. The van der Waals surface area contributed by atoms with E-state index in [9.17, 15) is 14.4 Å². The molecule has 156 valence electrons. The summed E-state index contributed by atoms with van der Waals surface area (Å²) in [5.41, 5.74) is 1.99. The number of carbonyl (C=O) groups is 3. The predicted molar refractivity (Wildman–Crippen MR) is 108 cm³/mol. The van der Waals surface area contributed by atoms with Crippen LogP contribution in [-0.2, 0) is 19.1 Å². The van der Waals surface area contributed by atoms with Gasteiger partial charge >= 0.3 is 0 Å². The second kappa shape index (κ2) is 8.53. The molecule has 0 saturated carbocycles. The summed E-state index contributed by atoms with van der Waals surface area (Å²) in [5, 5.41) is 0. The van der Waals surface area contributed by atoms with Gasteiger partial charge in [0.25, 0.3) is 0 Å². The number of ether oxygens (including phenoxy) is 1. The summed E-state index contributed by atoms with van der Waals surface area (Å²) in [6.45, 7) is 6.17. The van der Waals surface area contributed by atoms with Gasteiger partial charge in [0.1, 0.15) is 0 Å². The molecule has 1 unspecified atom stereocenters. The first-order valence-electron chi connectivity index (χ1n) is 10.6. The van der Waals surface area contributed by atoms with Gasteiger partial charge in [-0.2, -0.15) is 0 Å². The van der Waals surface area contributed by atoms with Crippen molar-refractivity contribution in [1.29, 1.82) is 0 Å². The van der Waals surface area contributed by atoms with Gasteiger partial charge in [0.2, 0.25) is 17.7 Å². The number of carbonyl (C=O) groups excluding carboxylic acids is 3. The smallest absolute Gasteiger partial charge is 0.228 e. The summed E-state index contributed by atoms with van der Waals surface area (Å²) in [5.74, 6) is -0.0569. The number of nitrogens with zero attached hydrogens (tertiary/aromatic N) is 3. The molecule has 0 aliphatic carbocycles. The quantitative estimate of drug-likeness (QED) is 0.771. The Hall–Kier alpha value is -2.41. The van der Waals surface area contributed by atoms with E-state index in [0.29, 0.717) is 58.8 Å². The van der Waals surface area contributed by atoms with Crippen molar-refractivity contribution in [2.24, 2.45) is 11.8 Å². The Kier molecular flexibility index (Phi) is 5.85. The van der Waals surface area contributed by atoms with Gasteiger partial charge in [0.05, 0.1) is 19.1 Å². The molecule has 3 saturated heterocycles. The Morgan fingerprint density at radius 3 is 2.14 bits per heavy atom. The lowest BCUT2D eigenvalue weighted by atomic mass is 9.94. The van der Waals surface area contributed by atoms with E-state index in [-0.39, 0.29) is 36.0 Å². The fourth-order valence-electron chi connectivity index (χ4n) is 4.49. The van der Waals surface area contributed by atoms with E-state index in [1.54, 1.807) is 4.90 Å².